The van der Waals surface area contributed by atoms with Crippen LogP contribution < -0.4 is 5.73 Å². The summed E-state index contributed by atoms with van der Waals surface area (Å²) in [6, 6.07) is 0. The molecule has 0 heterocycles. The zero-order chi connectivity index (χ0) is 12.9. The lowest BCUT2D eigenvalue weighted by Gasteiger charge is -2.24. The van der Waals surface area contributed by atoms with Crippen LogP contribution in [0, 0.1) is 0 Å². The molecule has 0 saturated carbocycles. The number of Topliss-reactive ketones (excluding diaryl/α,β-unsaturated/α-hetero) is 2. The van der Waals surface area contributed by atoms with Crippen molar-refractivity contribution in [2.45, 2.75) is 24.4 Å². The molecule has 0 radical (unpaired) electrons. The van der Waals surface area contributed by atoms with Crippen molar-refractivity contribution in [3.8, 4) is 0 Å². The summed E-state index contributed by atoms with van der Waals surface area (Å²) in [5.74, 6) is -2.48. The molecule has 7 N–H and O–H groups in total. The summed E-state index contributed by atoms with van der Waals surface area (Å²) in [6.07, 6.45) is -7.95. The third-order valence-electron chi connectivity index (χ3n) is 1.98. The monoisotopic (exact) mass is 237 g/mol. The Balaban J connectivity index is 4.54. The Morgan fingerprint density at radius 1 is 1.06 bits per heavy atom. The normalized spacial score (nSPS) is 18.6. The molecule has 4 unspecified atom stereocenters. The van der Waals surface area contributed by atoms with E-state index in [0.29, 0.717) is 0 Å². The number of carbonyl (C=O) groups excluding carboxylic acids is 2. The van der Waals surface area contributed by atoms with Gasteiger partial charge in [0.2, 0.25) is 11.6 Å². The molecular formula is C8H15NO7. The van der Waals surface area contributed by atoms with Crippen LogP contribution in [0.3, 0.4) is 0 Å². The van der Waals surface area contributed by atoms with Crippen molar-refractivity contribution >= 4 is 11.6 Å². The van der Waals surface area contributed by atoms with Gasteiger partial charge in [-0.3, -0.25) is 9.59 Å². The average Bonchev–Trinajstić information content (AvgIpc) is 2.32. The SMILES string of the molecule is NCC(=O)C(=O)C(O)C(O)C(O)C(O)CO. The molecule has 0 aliphatic carbocycles. The number of ketones is 2. The minimum Gasteiger partial charge on any atom is -0.394 e. The van der Waals surface area contributed by atoms with E-state index in [1.54, 1.807) is 0 Å². The second-order valence-electron chi connectivity index (χ2n) is 3.17. The van der Waals surface area contributed by atoms with Gasteiger partial charge in [0.25, 0.3) is 0 Å². The molecule has 0 bridgehead atoms. The Hall–Kier alpha value is -0.900. The smallest absolute Gasteiger partial charge is 0.230 e. The first-order chi connectivity index (χ1) is 7.36. The van der Waals surface area contributed by atoms with E-state index >= 15 is 0 Å². The van der Waals surface area contributed by atoms with E-state index in [9.17, 15) is 19.8 Å². The van der Waals surface area contributed by atoms with Crippen LogP contribution in [0.15, 0.2) is 0 Å². The Morgan fingerprint density at radius 2 is 1.56 bits per heavy atom. The first-order valence-electron chi connectivity index (χ1n) is 4.47. The van der Waals surface area contributed by atoms with Crippen molar-refractivity contribution in [1.29, 1.82) is 0 Å². The molecule has 0 saturated heterocycles. The third-order valence-corrected chi connectivity index (χ3v) is 1.98. The van der Waals surface area contributed by atoms with Crippen molar-refractivity contribution in [2.75, 3.05) is 13.2 Å². The summed E-state index contributed by atoms with van der Waals surface area (Å²) in [5, 5.41) is 44.9. The lowest BCUT2D eigenvalue weighted by molar-refractivity contribution is -0.153. The predicted octanol–water partition coefficient (Wildman–Crippen LogP) is -4.48. The summed E-state index contributed by atoms with van der Waals surface area (Å²) in [5.41, 5.74) is 4.86. The molecule has 8 heteroatoms. The Bertz CT molecular complexity index is 257. The first-order valence-corrected chi connectivity index (χ1v) is 4.47. The third kappa shape index (κ3) is 3.59. The van der Waals surface area contributed by atoms with Crippen molar-refractivity contribution in [1.82, 2.24) is 0 Å². The van der Waals surface area contributed by atoms with E-state index in [0.717, 1.165) is 0 Å². The zero-order valence-corrected chi connectivity index (χ0v) is 8.35. The highest BCUT2D eigenvalue weighted by molar-refractivity contribution is 6.39. The highest BCUT2D eigenvalue weighted by Crippen LogP contribution is 2.06. The molecule has 8 nitrogen and oxygen atoms in total. The van der Waals surface area contributed by atoms with Gasteiger partial charge >= 0.3 is 0 Å². The maximum absolute atomic E-state index is 11.0. The van der Waals surface area contributed by atoms with Crippen LogP contribution in [0.2, 0.25) is 0 Å². The summed E-state index contributed by atoms with van der Waals surface area (Å²) < 4.78 is 0. The van der Waals surface area contributed by atoms with E-state index in [1.807, 2.05) is 0 Å². The second-order valence-corrected chi connectivity index (χ2v) is 3.17. The lowest BCUT2D eigenvalue weighted by atomic mass is 9.98. The van der Waals surface area contributed by atoms with Gasteiger partial charge in [-0.05, 0) is 0 Å². The number of hydrogen-bond acceptors (Lipinski definition) is 8. The molecule has 0 amide bonds. The molecule has 0 spiro atoms. The highest BCUT2D eigenvalue weighted by Gasteiger charge is 2.36. The van der Waals surface area contributed by atoms with E-state index in [-0.39, 0.29) is 0 Å². The van der Waals surface area contributed by atoms with E-state index in [2.05, 4.69) is 0 Å². The average molecular weight is 237 g/mol. The number of aliphatic hydroxyl groups is 5. The van der Waals surface area contributed by atoms with Gasteiger partial charge in [0.05, 0.1) is 13.2 Å². The number of hydrogen-bond donors (Lipinski definition) is 6. The minimum absolute atomic E-state index is 0.638. The second kappa shape index (κ2) is 6.63. The molecule has 0 aromatic heterocycles. The van der Waals surface area contributed by atoms with Crippen molar-refractivity contribution in [3.05, 3.63) is 0 Å². The molecule has 0 aliphatic rings. The molecule has 16 heavy (non-hydrogen) atoms. The van der Waals surface area contributed by atoms with Crippen molar-refractivity contribution in [2.24, 2.45) is 5.73 Å². The molecule has 0 aromatic carbocycles. The van der Waals surface area contributed by atoms with Crippen LogP contribution in [-0.2, 0) is 9.59 Å². The quantitative estimate of drug-likeness (QED) is 0.241. The van der Waals surface area contributed by atoms with Gasteiger partial charge in [-0.2, -0.15) is 0 Å². The molecular weight excluding hydrogens is 222 g/mol. The number of rotatable bonds is 7. The summed E-state index contributed by atoms with van der Waals surface area (Å²) in [4.78, 5) is 21.8. The van der Waals surface area contributed by atoms with Crippen LogP contribution in [0.1, 0.15) is 0 Å². The maximum atomic E-state index is 11.0. The van der Waals surface area contributed by atoms with E-state index in [1.165, 1.54) is 0 Å². The zero-order valence-electron chi connectivity index (χ0n) is 8.35. The standard InChI is InChI=1S/C8H15NO7/c9-1-3(11)5(13)7(15)8(16)6(14)4(12)2-10/h4,6-8,10,12,14-16H,1-2,9H2. The van der Waals surface area contributed by atoms with Gasteiger partial charge in [0.15, 0.2) is 0 Å². The van der Waals surface area contributed by atoms with E-state index in [4.69, 9.17) is 21.1 Å². The van der Waals surface area contributed by atoms with Crippen LogP contribution in [-0.4, -0.2) is 74.7 Å². The van der Waals surface area contributed by atoms with Crippen LogP contribution in [0.5, 0.6) is 0 Å². The van der Waals surface area contributed by atoms with Gasteiger partial charge in [0.1, 0.15) is 24.4 Å². The van der Waals surface area contributed by atoms with Crippen molar-refractivity contribution < 1.29 is 35.1 Å². The Morgan fingerprint density at radius 3 is 1.94 bits per heavy atom. The summed E-state index contributed by atoms with van der Waals surface area (Å²) >= 11 is 0. The van der Waals surface area contributed by atoms with E-state index < -0.39 is 49.1 Å². The summed E-state index contributed by atoms with van der Waals surface area (Å²) in [7, 11) is 0. The minimum atomic E-state index is -2.19. The van der Waals surface area contributed by atoms with Crippen molar-refractivity contribution in [3.63, 3.8) is 0 Å². The van der Waals surface area contributed by atoms with Crippen LogP contribution in [0.25, 0.3) is 0 Å². The fourth-order valence-corrected chi connectivity index (χ4v) is 0.943. The number of aliphatic hydroxyl groups excluding tert-OH is 5. The predicted molar refractivity (Wildman–Crippen MR) is 50.2 cm³/mol. The summed E-state index contributed by atoms with van der Waals surface area (Å²) in [6.45, 7) is -1.51. The largest absolute Gasteiger partial charge is 0.394 e. The topological polar surface area (TPSA) is 161 Å². The molecule has 0 rings (SSSR count). The van der Waals surface area contributed by atoms with Crippen LogP contribution in [0.4, 0.5) is 0 Å². The van der Waals surface area contributed by atoms with Gasteiger partial charge in [-0.15, -0.1) is 0 Å². The molecule has 0 aliphatic heterocycles. The molecule has 0 fully saturated rings. The Kier molecular flexibility index (Phi) is 6.26. The highest BCUT2D eigenvalue weighted by atomic mass is 16.4. The molecule has 4 atom stereocenters. The maximum Gasteiger partial charge on any atom is 0.230 e. The molecule has 0 aromatic rings. The number of nitrogens with two attached hydrogens (primary N) is 1. The van der Waals surface area contributed by atoms with Gasteiger partial charge in [-0.1, -0.05) is 0 Å². The molecule has 94 valence electrons. The van der Waals surface area contributed by atoms with Gasteiger partial charge < -0.3 is 31.3 Å². The van der Waals surface area contributed by atoms with Gasteiger partial charge in [-0.25, -0.2) is 0 Å². The fraction of sp³-hybridized carbons (Fsp3) is 0.750. The lowest BCUT2D eigenvalue weighted by Crippen LogP contribution is -2.50. The Labute approximate surface area is 90.9 Å². The number of carbonyl (C=O) groups is 2. The first kappa shape index (κ1) is 15.1. The van der Waals surface area contributed by atoms with Gasteiger partial charge in [0, 0.05) is 0 Å². The van der Waals surface area contributed by atoms with Crippen LogP contribution >= 0.6 is 0 Å². The fourth-order valence-electron chi connectivity index (χ4n) is 0.943.